The van der Waals surface area contributed by atoms with Crippen LogP contribution in [-0.4, -0.2) is 58.4 Å². The molecule has 0 bridgehead atoms. The summed E-state index contributed by atoms with van der Waals surface area (Å²) in [4.78, 5) is 63.5. The quantitative estimate of drug-likeness (QED) is 0.624. The van der Waals surface area contributed by atoms with Gasteiger partial charge in [-0.25, -0.2) is 0 Å². The Balaban J connectivity index is 1.85. The second kappa shape index (κ2) is 5.59. The number of phenolic OH excluding ortho intramolecular Hbond substituents is 1. The molecule has 0 aliphatic carbocycles. The number of benzene rings is 2. The number of phenols is 1. The summed E-state index contributed by atoms with van der Waals surface area (Å²) < 4.78 is 0. The van der Waals surface area contributed by atoms with Crippen molar-refractivity contribution in [1.29, 1.82) is 0 Å². The molecule has 8 nitrogen and oxygen atoms in total. The van der Waals surface area contributed by atoms with Gasteiger partial charge in [0, 0.05) is 25.2 Å². The Labute approximate surface area is 159 Å². The lowest BCUT2D eigenvalue weighted by atomic mass is 9.93. The average Bonchev–Trinajstić information content (AvgIpc) is 3.04. The van der Waals surface area contributed by atoms with Gasteiger partial charge in [0.05, 0.1) is 27.8 Å². The molecule has 2 aliphatic rings. The van der Waals surface area contributed by atoms with Crippen LogP contribution in [0, 0.1) is 6.92 Å². The van der Waals surface area contributed by atoms with Crippen LogP contribution in [0.3, 0.4) is 0 Å². The largest absolute Gasteiger partial charge is 0.507 e. The highest BCUT2D eigenvalue weighted by molar-refractivity contribution is 6.25. The van der Waals surface area contributed by atoms with Crippen molar-refractivity contribution in [2.75, 3.05) is 14.1 Å². The molecule has 0 fully saturated rings. The van der Waals surface area contributed by atoms with Crippen molar-refractivity contribution in [2.45, 2.75) is 6.92 Å². The number of fused-ring (bicyclic) bond motifs is 2. The summed E-state index contributed by atoms with van der Waals surface area (Å²) >= 11 is 0. The van der Waals surface area contributed by atoms with Gasteiger partial charge in [0.15, 0.2) is 5.78 Å². The van der Waals surface area contributed by atoms with Crippen LogP contribution in [0.1, 0.15) is 62.9 Å². The maximum Gasteiger partial charge on any atom is 0.261 e. The highest BCUT2D eigenvalue weighted by Gasteiger charge is 2.38. The number of rotatable bonds is 2. The van der Waals surface area contributed by atoms with Gasteiger partial charge in [-0.2, -0.15) is 0 Å². The standard InChI is InChI=1S/C20H14N2O6/c1-8-14-12(19(27)22(3)20(14)28)7-13(15(8)23)16(24)9-4-5-10-11(6-9)18(26)21(2)17(10)25/h4-7,23H,1-3H3. The molecular formula is C20H14N2O6. The summed E-state index contributed by atoms with van der Waals surface area (Å²) in [6.45, 7) is 1.45. The monoisotopic (exact) mass is 378 g/mol. The molecule has 2 aromatic carbocycles. The van der Waals surface area contributed by atoms with Gasteiger partial charge in [0.25, 0.3) is 23.6 Å². The lowest BCUT2D eigenvalue weighted by Crippen LogP contribution is -2.24. The first kappa shape index (κ1) is 17.6. The number of amides is 4. The van der Waals surface area contributed by atoms with E-state index in [1.807, 2.05) is 0 Å². The van der Waals surface area contributed by atoms with Gasteiger partial charge >= 0.3 is 0 Å². The SMILES string of the molecule is Cc1c(O)c(C(=O)c2ccc3c(c2)C(=O)N(C)C3=O)cc2c1C(=O)N(C)C2=O. The molecule has 4 rings (SSSR count). The number of carbonyl (C=O) groups is 5. The minimum absolute atomic E-state index is 0.0401. The number of carbonyl (C=O) groups excluding carboxylic acids is 5. The van der Waals surface area contributed by atoms with Crippen LogP contribution in [-0.2, 0) is 0 Å². The van der Waals surface area contributed by atoms with Crippen molar-refractivity contribution in [3.05, 3.63) is 63.2 Å². The van der Waals surface area contributed by atoms with Gasteiger partial charge in [-0.15, -0.1) is 0 Å². The highest BCUT2D eigenvalue weighted by Crippen LogP contribution is 2.35. The van der Waals surface area contributed by atoms with Gasteiger partial charge in [0.2, 0.25) is 0 Å². The first-order chi connectivity index (χ1) is 13.1. The fourth-order valence-corrected chi connectivity index (χ4v) is 3.52. The van der Waals surface area contributed by atoms with Gasteiger partial charge in [-0.1, -0.05) is 6.07 Å². The maximum absolute atomic E-state index is 13.0. The Morgan fingerprint density at radius 2 is 1.39 bits per heavy atom. The third-order valence-corrected chi connectivity index (χ3v) is 5.19. The van der Waals surface area contributed by atoms with E-state index in [1.165, 1.54) is 45.3 Å². The summed E-state index contributed by atoms with van der Waals surface area (Å²) in [5, 5.41) is 10.5. The first-order valence-corrected chi connectivity index (χ1v) is 8.35. The van der Waals surface area contributed by atoms with Crippen LogP contribution in [0.2, 0.25) is 0 Å². The number of ketones is 1. The highest BCUT2D eigenvalue weighted by atomic mass is 16.3. The summed E-state index contributed by atoms with van der Waals surface area (Å²) in [5.74, 6) is -3.12. The Kier molecular flexibility index (Phi) is 3.51. The van der Waals surface area contributed by atoms with E-state index in [0.29, 0.717) is 0 Å². The molecule has 2 aromatic rings. The molecule has 2 heterocycles. The molecule has 0 radical (unpaired) electrons. The van der Waals surface area contributed by atoms with Crippen LogP contribution < -0.4 is 0 Å². The number of hydrogen-bond acceptors (Lipinski definition) is 6. The normalized spacial score (nSPS) is 15.4. The predicted molar refractivity (Wildman–Crippen MR) is 95.6 cm³/mol. The second-order valence-electron chi connectivity index (χ2n) is 6.75. The molecule has 0 saturated carbocycles. The van der Waals surface area contributed by atoms with Crippen LogP contribution in [0.5, 0.6) is 5.75 Å². The molecule has 140 valence electrons. The van der Waals surface area contributed by atoms with Crippen molar-refractivity contribution in [1.82, 2.24) is 9.80 Å². The third kappa shape index (κ3) is 2.08. The molecule has 8 heteroatoms. The number of imide groups is 2. The zero-order valence-electron chi connectivity index (χ0n) is 15.2. The molecule has 0 atom stereocenters. The van der Waals surface area contributed by atoms with Crippen LogP contribution in [0.25, 0.3) is 0 Å². The van der Waals surface area contributed by atoms with E-state index in [0.717, 1.165) is 9.80 Å². The Morgan fingerprint density at radius 3 is 2.07 bits per heavy atom. The average molecular weight is 378 g/mol. The molecule has 2 aliphatic heterocycles. The molecule has 4 amide bonds. The fraction of sp³-hybridized carbons (Fsp3) is 0.150. The number of nitrogens with zero attached hydrogens (tertiary/aromatic N) is 2. The van der Waals surface area contributed by atoms with Gasteiger partial charge in [-0.05, 0) is 25.1 Å². The number of aromatic hydroxyl groups is 1. The molecule has 0 unspecified atom stereocenters. The van der Waals surface area contributed by atoms with Crippen molar-refractivity contribution in [3.8, 4) is 5.75 Å². The van der Waals surface area contributed by atoms with E-state index >= 15 is 0 Å². The van der Waals surface area contributed by atoms with Crippen LogP contribution in [0.4, 0.5) is 0 Å². The zero-order valence-corrected chi connectivity index (χ0v) is 15.2. The van der Waals surface area contributed by atoms with E-state index in [-0.39, 0.29) is 38.9 Å². The van der Waals surface area contributed by atoms with Crippen LogP contribution in [0.15, 0.2) is 24.3 Å². The smallest absolute Gasteiger partial charge is 0.261 e. The minimum Gasteiger partial charge on any atom is -0.507 e. The molecule has 0 saturated heterocycles. The Morgan fingerprint density at radius 1 is 0.821 bits per heavy atom. The lowest BCUT2D eigenvalue weighted by molar-refractivity contribution is 0.0677. The Hall–Kier alpha value is -3.81. The van der Waals surface area contributed by atoms with Crippen LogP contribution >= 0.6 is 0 Å². The second-order valence-corrected chi connectivity index (χ2v) is 6.75. The van der Waals surface area contributed by atoms with Crippen molar-refractivity contribution in [2.24, 2.45) is 0 Å². The van der Waals surface area contributed by atoms with E-state index in [4.69, 9.17) is 0 Å². The predicted octanol–water partition coefficient (Wildman–Crippen LogP) is 1.38. The summed E-state index contributed by atoms with van der Waals surface area (Å²) in [5.41, 5.74) is 0.460. The molecule has 28 heavy (non-hydrogen) atoms. The summed E-state index contributed by atoms with van der Waals surface area (Å²) in [6, 6.07) is 5.25. The van der Waals surface area contributed by atoms with E-state index in [9.17, 15) is 29.1 Å². The van der Waals surface area contributed by atoms with E-state index < -0.39 is 35.2 Å². The maximum atomic E-state index is 13.0. The first-order valence-electron chi connectivity index (χ1n) is 8.35. The zero-order chi connectivity index (χ0) is 20.5. The topological polar surface area (TPSA) is 112 Å². The minimum atomic E-state index is -0.629. The lowest BCUT2D eigenvalue weighted by Gasteiger charge is -2.10. The van der Waals surface area contributed by atoms with Gasteiger partial charge in [0.1, 0.15) is 5.75 Å². The van der Waals surface area contributed by atoms with Crippen molar-refractivity contribution < 1.29 is 29.1 Å². The third-order valence-electron chi connectivity index (χ3n) is 5.19. The molecule has 1 N–H and O–H groups in total. The molecular weight excluding hydrogens is 364 g/mol. The Bertz CT molecular complexity index is 1160. The van der Waals surface area contributed by atoms with E-state index in [1.54, 1.807) is 0 Å². The van der Waals surface area contributed by atoms with Crippen molar-refractivity contribution >= 4 is 29.4 Å². The van der Waals surface area contributed by atoms with Gasteiger partial charge < -0.3 is 5.11 Å². The van der Waals surface area contributed by atoms with Crippen molar-refractivity contribution in [3.63, 3.8) is 0 Å². The number of hydrogen-bond donors (Lipinski definition) is 1. The summed E-state index contributed by atoms with van der Waals surface area (Å²) in [7, 11) is 2.67. The fourth-order valence-electron chi connectivity index (χ4n) is 3.52. The van der Waals surface area contributed by atoms with Gasteiger partial charge in [-0.3, -0.25) is 33.8 Å². The molecule has 0 aromatic heterocycles. The summed E-state index contributed by atoms with van der Waals surface area (Å²) in [6.07, 6.45) is 0. The van der Waals surface area contributed by atoms with E-state index in [2.05, 4.69) is 0 Å². The molecule has 0 spiro atoms.